The number of carbonyl (C=O) groups excluding carboxylic acids is 2. The molecule has 6 nitrogen and oxygen atoms in total. The van der Waals surface area contributed by atoms with Gasteiger partial charge in [0, 0.05) is 27.1 Å². The predicted octanol–water partition coefficient (Wildman–Crippen LogP) is 1.38. The summed E-state index contributed by atoms with van der Waals surface area (Å²) < 4.78 is 10.6. The molecule has 1 aliphatic heterocycles. The lowest BCUT2D eigenvalue weighted by atomic mass is 9.95. The summed E-state index contributed by atoms with van der Waals surface area (Å²) in [7, 11) is 4.77. The van der Waals surface area contributed by atoms with E-state index in [0.717, 1.165) is 17.7 Å². The van der Waals surface area contributed by atoms with Crippen molar-refractivity contribution in [3.8, 4) is 5.75 Å². The summed E-state index contributed by atoms with van der Waals surface area (Å²) in [6.07, 6.45) is 2.34. The van der Waals surface area contributed by atoms with Gasteiger partial charge in [0.15, 0.2) is 0 Å². The van der Waals surface area contributed by atoms with Crippen molar-refractivity contribution >= 4 is 11.8 Å². The van der Waals surface area contributed by atoms with E-state index in [0.29, 0.717) is 25.8 Å². The molecule has 2 amide bonds. The number of hydrogen-bond acceptors (Lipinski definition) is 4. The smallest absolute Gasteiger partial charge is 0.248 e. The molecule has 24 heavy (non-hydrogen) atoms. The van der Waals surface area contributed by atoms with Gasteiger partial charge >= 0.3 is 0 Å². The number of rotatable bonds is 7. The second-order valence-electron chi connectivity index (χ2n) is 6.00. The van der Waals surface area contributed by atoms with Gasteiger partial charge in [-0.1, -0.05) is 18.2 Å². The van der Waals surface area contributed by atoms with Crippen LogP contribution in [-0.4, -0.2) is 56.7 Å². The zero-order valence-electron chi connectivity index (χ0n) is 14.6. The summed E-state index contributed by atoms with van der Waals surface area (Å²) in [5.41, 5.74) is 0.103. The first-order valence-corrected chi connectivity index (χ1v) is 8.22. The highest BCUT2D eigenvalue weighted by molar-refractivity contribution is 5.92. The summed E-state index contributed by atoms with van der Waals surface area (Å²) in [6, 6.07) is 7.67. The van der Waals surface area contributed by atoms with Crippen LogP contribution in [0.1, 0.15) is 24.8 Å². The summed E-state index contributed by atoms with van der Waals surface area (Å²) in [4.78, 5) is 26.9. The topological polar surface area (TPSA) is 67.9 Å². The molecule has 1 unspecified atom stereocenters. The lowest BCUT2D eigenvalue weighted by molar-refractivity contribution is -0.148. The van der Waals surface area contributed by atoms with E-state index in [1.807, 2.05) is 24.3 Å². The standard InChI is InChI=1S/C18H26N2O4/c1-19-17(22)18(13-23-2)11-6-12-20(18)16(21)10-9-14-7-4-5-8-15(14)24-3/h4-5,7-8H,6,9-13H2,1-3H3,(H,19,22). The van der Waals surface area contributed by atoms with Crippen LogP contribution in [0.15, 0.2) is 24.3 Å². The van der Waals surface area contributed by atoms with E-state index in [-0.39, 0.29) is 18.4 Å². The summed E-state index contributed by atoms with van der Waals surface area (Å²) in [5, 5.41) is 2.68. The molecule has 6 heteroatoms. The number of nitrogens with one attached hydrogen (secondary N) is 1. The van der Waals surface area contributed by atoms with Crippen LogP contribution >= 0.6 is 0 Å². The Morgan fingerprint density at radius 1 is 1.29 bits per heavy atom. The highest BCUT2D eigenvalue weighted by Crippen LogP contribution is 2.31. The molecule has 1 fully saturated rings. The first-order valence-electron chi connectivity index (χ1n) is 8.22. The third-order valence-corrected chi connectivity index (χ3v) is 4.62. The maximum absolute atomic E-state index is 12.8. The maximum atomic E-state index is 12.8. The highest BCUT2D eigenvalue weighted by atomic mass is 16.5. The van der Waals surface area contributed by atoms with Crippen LogP contribution < -0.4 is 10.1 Å². The number of benzene rings is 1. The number of aryl methyl sites for hydroxylation is 1. The quantitative estimate of drug-likeness (QED) is 0.818. The molecule has 1 aliphatic rings. The van der Waals surface area contributed by atoms with Crippen LogP contribution in [0.2, 0.25) is 0 Å². The number of likely N-dealkylation sites (tertiary alicyclic amines) is 1. The lowest BCUT2D eigenvalue weighted by Gasteiger charge is -2.36. The fourth-order valence-corrected chi connectivity index (χ4v) is 3.45. The summed E-state index contributed by atoms with van der Waals surface area (Å²) in [5.74, 6) is 0.590. The second-order valence-corrected chi connectivity index (χ2v) is 6.00. The average Bonchev–Trinajstić information content (AvgIpc) is 3.04. The summed E-state index contributed by atoms with van der Waals surface area (Å²) in [6.45, 7) is 0.800. The van der Waals surface area contributed by atoms with Gasteiger partial charge in [-0.2, -0.15) is 0 Å². The van der Waals surface area contributed by atoms with E-state index >= 15 is 0 Å². The van der Waals surface area contributed by atoms with Gasteiger partial charge in [0.05, 0.1) is 13.7 Å². The van der Waals surface area contributed by atoms with Crippen molar-refractivity contribution in [3.05, 3.63) is 29.8 Å². The van der Waals surface area contributed by atoms with Crippen LogP contribution in [0.4, 0.5) is 0 Å². The van der Waals surface area contributed by atoms with Gasteiger partial charge in [-0.05, 0) is 30.9 Å². The zero-order chi connectivity index (χ0) is 17.6. The van der Waals surface area contributed by atoms with E-state index < -0.39 is 5.54 Å². The van der Waals surface area contributed by atoms with Gasteiger partial charge in [-0.3, -0.25) is 9.59 Å². The lowest BCUT2D eigenvalue weighted by Crippen LogP contribution is -2.59. The Labute approximate surface area is 143 Å². The Bertz CT molecular complexity index is 590. The van der Waals surface area contributed by atoms with Crippen LogP contribution in [0.3, 0.4) is 0 Å². The molecule has 132 valence electrons. The molecule has 0 saturated carbocycles. The fourth-order valence-electron chi connectivity index (χ4n) is 3.45. The van der Waals surface area contributed by atoms with Crippen molar-refractivity contribution in [2.24, 2.45) is 0 Å². The van der Waals surface area contributed by atoms with Crippen molar-refractivity contribution in [2.45, 2.75) is 31.2 Å². The number of ether oxygens (including phenoxy) is 2. The number of hydrogen-bond donors (Lipinski definition) is 1. The molecule has 1 N–H and O–H groups in total. The first-order chi connectivity index (χ1) is 11.6. The predicted molar refractivity (Wildman–Crippen MR) is 90.9 cm³/mol. The van der Waals surface area contributed by atoms with Gasteiger partial charge in [0.2, 0.25) is 11.8 Å². The normalized spacial score (nSPS) is 20.0. The molecular weight excluding hydrogens is 308 g/mol. The third-order valence-electron chi connectivity index (χ3n) is 4.62. The fraction of sp³-hybridized carbons (Fsp3) is 0.556. The molecule has 1 aromatic carbocycles. The molecule has 1 saturated heterocycles. The Balaban J connectivity index is 2.11. The van der Waals surface area contributed by atoms with Gasteiger partial charge < -0.3 is 19.7 Å². The van der Waals surface area contributed by atoms with Gasteiger partial charge in [0.25, 0.3) is 0 Å². The SMILES string of the molecule is CNC(=O)C1(COC)CCCN1C(=O)CCc1ccccc1OC. The molecule has 0 radical (unpaired) electrons. The number of methoxy groups -OCH3 is 2. The molecule has 1 aromatic rings. The van der Waals surface area contributed by atoms with Crippen molar-refractivity contribution in [3.63, 3.8) is 0 Å². The van der Waals surface area contributed by atoms with E-state index in [1.54, 1.807) is 26.2 Å². The Hall–Kier alpha value is -2.08. The number of para-hydroxylation sites is 1. The minimum atomic E-state index is -0.888. The monoisotopic (exact) mass is 334 g/mol. The van der Waals surface area contributed by atoms with Crippen LogP contribution in [0.5, 0.6) is 5.75 Å². The molecule has 0 aliphatic carbocycles. The van der Waals surface area contributed by atoms with E-state index in [4.69, 9.17) is 9.47 Å². The van der Waals surface area contributed by atoms with Crippen molar-refractivity contribution in [2.75, 3.05) is 34.4 Å². The van der Waals surface area contributed by atoms with Crippen molar-refractivity contribution in [1.29, 1.82) is 0 Å². The van der Waals surface area contributed by atoms with Crippen molar-refractivity contribution < 1.29 is 19.1 Å². The summed E-state index contributed by atoms with van der Waals surface area (Å²) >= 11 is 0. The molecule has 1 heterocycles. The van der Waals surface area contributed by atoms with E-state index in [1.165, 1.54) is 0 Å². The van der Waals surface area contributed by atoms with Crippen LogP contribution in [0.25, 0.3) is 0 Å². The van der Waals surface area contributed by atoms with Crippen LogP contribution in [-0.2, 0) is 20.7 Å². The Morgan fingerprint density at radius 3 is 2.71 bits per heavy atom. The van der Waals surface area contributed by atoms with Crippen LogP contribution in [0, 0.1) is 0 Å². The molecule has 0 aromatic heterocycles. The minimum absolute atomic E-state index is 0.0287. The minimum Gasteiger partial charge on any atom is -0.496 e. The Morgan fingerprint density at radius 2 is 2.04 bits per heavy atom. The number of carbonyl (C=O) groups is 2. The average molecular weight is 334 g/mol. The van der Waals surface area contributed by atoms with E-state index in [9.17, 15) is 9.59 Å². The van der Waals surface area contributed by atoms with E-state index in [2.05, 4.69) is 5.32 Å². The maximum Gasteiger partial charge on any atom is 0.248 e. The third kappa shape index (κ3) is 3.53. The molecular formula is C18H26N2O4. The molecule has 0 spiro atoms. The molecule has 0 bridgehead atoms. The molecule has 1 atom stereocenters. The number of likely N-dealkylation sites (N-methyl/N-ethyl adjacent to an activating group) is 1. The Kier molecular flexibility index (Phi) is 6.20. The number of nitrogens with zero attached hydrogens (tertiary/aromatic N) is 1. The largest absolute Gasteiger partial charge is 0.496 e. The molecule has 2 rings (SSSR count). The van der Waals surface area contributed by atoms with Gasteiger partial charge in [-0.15, -0.1) is 0 Å². The second kappa shape index (κ2) is 8.15. The zero-order valence-corrected chi connectivity index (χ0v) is 14.6. The highest BCUT2D eigenvalue weighted by Gasteiger charge is 2.49. The van der Waals surface area contributed by atoms with Gasteiger partial charge in [-0.25, -0.2) is 0 Å². The number of amides is 2. The van der Waals surface area contributed by atoms with Crippen molar-refractivity contribution in [1.82, 2.24) is 10.2 Å². The van der Waals surface area contributed by atoms with Gasteiger partial charge in [0.1, 0.15) is 11.3 Å². The first kappa shape index (κ1) is 18.3.